The molecule has 0 saturated carbocycles. The summed E-state index contributed by atoms with van der Waals surface area (Å²) < 4.78 is 0. The fourth-order valence-electron chi connectivity index (χ4n) is 1.93. The number of nitrogens with zero attached hydrogens (tertiary/aromatic N) is 1. The zero-order valence-electron chi connectivity index (χ0n) is 11.2. The molecule has 2 N–H and O–H groups in total. The molecule has 0 radical (unpaired) electrons. The first kappa shape index (κ1) is 15.2. The van der Waals surface area contributed by atoms with Crippen LogP contribution in [0, 0.1) is 10.1 Å². The minimum atomic E-state index is -1.13. The predicted octanol–water partition coefficient (Wildman–Crippen LogP) is 2.16. The van der Waals surface area contributed by atoms with Crippen molar-refractivity contribution in [2.75, 3.05) is 0 Å². The fraction of sp³-hybridized carbons (Fsp3) is 0.0667. The highest BCUT2D eigenvalue weighted by atomic mass is 16.6. The summed E-state index contributed by atoms with van der Waals surface area (Å²) in [6, 6.07) is 8.99. The van der Waals surface area contributed by atoms with Crippen LogP contribution in [0.2, 0.25) is 0 Å². The molecule has 0 aliphatic carbocycles. The van der Waals surface area contributed by atoms with E-state index in [9.17, 15) is 24.8 Å². The quantitative estimate of drug-likeness (QED) is 0.496. The fourth-order valence-corrected chi connectivity index (χ4v) is 1.93. The molecular weight excluding hydrogens is 290 g/mol. The van der Waals surface area contributed by atoms with Crippen LogP contribution in [-0.4, -0.2) is 26.9 Å². The smallest absolute Gasteiger partial charge is 0.307 e. The van der Waals surface area contributed by atoms with Gasteiger partial charge in [-0.25, -0.2) is 0 Å². The summed E-state index contributed by atoms with van der Waals surface area (Å²) in [5.41, 5.74) is 0.426. The Kier molecular flexibility index (Phi) is 4.17. The highest BCUT2D eigenvalue weighted by Gasteiger charge is 2.14. The number of ketones is 1. The number of phenols is 1. The molecule has 0 aliphatic rings. The van der Waals surface area contributed by atoms with Crippen LogP contribution in [0.3, 0.4) is 0 Å². The second kappa shape index (κ2) is 6.04. The second-order valence-electron chi connectivity index (χ2n) is 4.55. The van der Waals surface area contributed by atoms with Gasteiger partial charge in [-0.1, -0.05) is 0 Å². The lowest BCUT2D eigenvalue weighted by Crippen LogP contribution is -2.05. The molecule has 0 spiro atoms. The number of carboxylic acid groups (broad SMARTS) is 1. The number of phenolic OH excluding ortho intramolecular Hbond substituents is 1. The van der Waals surface area contributed by atoms with Gasteiger partial charge in [-0.05, 0) is 30.3 Å². The Labute approximate surface area is 124 Å². The molecule has 22 heavy (non-hydrogen) atoms. The van der Waals surface area contributed by atoms with Crippen LogP contribution in [0.5, 0.6) is 5.75 Å². The van der Waals surface area contributed by atoms with Crippen molar-refractivity contribution in [3.63, 3.8) is 0 Å². The number of aromatic hydroxyl groups is 1. The van der Waals surface area contributed by atoms with Gasteiger partial charge in [-0.2, -0.15) is 0 Å². The average Bonchev–Trinajstić information content (AvgIpc) is 2.48. The van der Waals surface area contributed by atoms with E-state index in [2.05, 4.69) is 0 Å². The SMILES string of the molecule is O=C(O)Cc1cc(C(=O)c2ccc([N+](=O)[O-])cc2)ccc1O. The van der Waals surface area contributed by atoms with Crippen molar-refractivity contribution in [2.24, 2.45) is 0 Å². The molecule has 0 amide bonds. The van der Waals surface area contributed by atoms with E-state index in [0.717, 1.165) is 0 Å². The highest BCUT2D eigenvalue weighted by Crippen LogP contribution is 2.22. The van der Waals surface area contributed by atoms with Crippen molar-refractivity contribution in [1.82, 2.24) is 0 Å². The third-order valence-corrected chi connectivity index (χ3v) is 3.02. The maximum Gasteiger partial charge on any atom is 0.307 e. The highest BCUT2D eigenvalue weighted by molar-refractivity contribution is 6.09. The Bertz CT molecular complexity index is 751. The molecule has 0 unspecified atom stereocenters. The number of hydrogen-bond donors (Lipinski definition) is 2. The van der Waals surface area contributed by atoms with Crippen LogP contribution >= 0.6 is 0 Å². The summed E-state index contributed by atoms with van der Waals surface area (Å²) in [7, 11) is 0. The molecule has 0 fully saturated rings. The number of nitro groups is 1. The lowest BCUT2D eigenvalue weighted by Gasteiger charge is -2.06. The van der Waals surface area contributed by atoms with Gasteiger partial charge in [0.1, 0.15) is 5.75 Å². The summed E-state index contributed by atoms with van der Waals surface area (Å²) in [6.45, 7) is 0. The van der Waals surface area contributed by atoms with Crippen LogP contribution in [0.1, 0.15) is 21.5 Å². The van der Waals surface area contributed by atoms with E-state index in [4.69, 9.17) is 5.11 Å². The molecule has 2 aromatic rings. The normalized spacial score (nSPS) is 10.2. The van der Waals surface area contributed by atoms with Crippen LogP contribution in [0.15, 0.2) is 42.5 Å². The molecule has 7 heteroatoms. The maximum absolute atomic E-state index is 12.3. The Morgan fingerprint density at radius 1 is 1.05 bits per heavy atom. The molecule has 0 atom stereocenters. The predicted molar refractivity (Wildman–Crippen MR) is 76.0 cm³/mol. The Balaban J connectivity index is 2.32. The Hall–Kier alpha value is -3.22. The van der Waals surface area contributed by atoms with E-state index in [-0.39, 0.29) is 28.1 Å². The number of non-ortho nitro benzene ring substituents is 1. The number of aliphatic carboxylic acids is 1. The third kappa shape index (κ3) is 3.26. The molecule has 0 heterocycles. The first-order valence-corrected chi connectivity index (χ1v) is 6.21. The number of hydrogen-bond acceptors (Lipinski definition) is 5. The summed E-state index contributed by atoms with van der Waals surface area (Å²) in [4.78, 5) is 33.0. The molecule has 112 valence electrons. The van der Waals surface area contributed by atoms with E-state index < -0.39 is 23.1 Å². The molecule has 2 aromatic carbocycles. The van der Waals surface area contributed by atoms with Gasteiger partial charge in [0.05, 0.1) is 11.3 Å². The molecular formula is C15H11NO6. The third-order valence-electron chi connectivity index (χ3n) is 3.02. The molecule has 2 rings (SSSR count). The van der Waals surface area contributed by atoms with Gasteiger partial charge >= 0.3 is 5.97 Å². The first-order chi connectivity index (χ1) is 10.4. The number of carboxylic acids is 1. The Morgan fingerprint density at radius 3 is 2.18 bits per heavy atom. The van der Waals surface area contributed by atoms with Crippen LogP contribution < -0.4 is 0 Å². The van der Waals surface area contributed by atoms with Crippen molar-refractivity contribution >= 4 is 17.4 Å². The summed E-state index contributed by atoms with van der Waals surface area (Å²) in [5, 5.41) is 28.9. The largest absolute Gasteiger partial charge is 0.508 e. The molecule has 7 nitrogen and oxygen atoms in total. The van der Waals surface area contributed by atoms with Crippen LogP contribution in [-0.2, 0) is 11.2 Å². The minimum absolute atomic E-state index is 0.125. The van der Waals surface area contributed by atoms with Crippen molar-refractivity contribution in [1.29, 1.82) is 0 Å². The summed E-state index contributed by atoms with van der Waals surface area (Å²) >= 11 is 0. The van der Waals surface area contributed by atoms with E-state index in [1.54, 1.807) is 0 Å². The second-order valence-corrected chi connectivity index (χ2v) is 4.55. The van der Waals surface area contributed by atoms with Crippen molar-refractivity contribution in [3.05, 3.63) is 69.3 Å². The van der Waals surface area contributed by atoms with Crippen molar-refractivity contribution < 1.29 is 24.7 Å². The molecule has 0 aromatic heterocycles. The zero-order chi connectivity index (χ0) is 16.3. The van der Waals surface area contributed by atoms with Gasteiger partial charge in [0.25, 0.3) is 5.69 Å². The summed E-state index contributed by atoms with van der Waals surface area (Å²) in [5.74, 6) is -1.75. The lowest BCUT2D eigenvalue weighted by molar-refractivity contribution is -0.384. The zero-order valence-corrected chi connectivity index (χ0v) is 11.2. The number of carbonyl (C=O) groups is 2. The van der Waals surface area contributed by atoms with Gasteiger partial charge in [-0.3, -0.25) is 19.7 Å². The van der Waals surface area contributed by atoms with E-state index >= 15 is 0 Å². The maximum atomic E-state index is 12.3. The van der Waals surface area contributed by atoms with E-state index in [0.29, 0.717) is 0 Å². The molecule has 0 bridgehead atoms. The van der Waals surface area contributed by atoms with Gasteiger partial charge in [0.2, 0.25) is 0 Å². The van der Waals surface area contributed by atoms with Gasteiger partial charge in [-0.15, -0.1) is 0 Å². The van der Waals surface area contributed by atoms with Gasteiger partial charge < -0.3 is 10.2 Å². The molecule has 0 aliphatic heterocycles. The number of carbonyl (C=O) groups excluding carboxylic acids is 1. The lowest BCUT2D eigenvalue weighted by atomic mass is 9.99. The monoisotopic (exact) mass is 301 g/mol. The first-order valence-electron chi connectivity index (χ1n) is 6.21. The number of benzene rings is 2. The number of rotatable bonds is 5. The number of nitro benzene ring substituents is 1. The van der Waals surface area contributed by atoms with E-state index in [1.807, 2.05) is 0 Å². The van der Waals surface area contributed by atoms with Crippen LogP contribution in [0.25, 0.3) is 0 Å². The van der Waals surface area contributed by atoms with Crippen molar-refractivity contribution in [3.8, 4) is 5.75 Å². The molecule has 0 saturated heterocycles. The Morgan fingerprint density at radius 2 is 1.64 bits per heavy atom. The van der Waals surface area contributed by atoms with Gasteiger partial charge in [0.15, 0.2) is 5.78 Å². The average molecular weight is 301 g/mol. The topological polar surface area (TPSA) is 118 Å². The van der Waals surface area contributed by atoms with E-state index in [1.165, 1.54) is 42.5 Å². The summed E-state index contributed by atoms with van der Waals surface area (Å²) in [6.07, 6.45) is -0.410. The minimum Gasteiger partial charge on any atom is -0.508 e. The van der Waals surface area contributed by atoms with Crippen LogP contribution in [0.4, 0.5) is 5.69 Å². The van der Waals surface area contributed by atoms with Gasteiger partial charge in [0, 0.05) is 28.8 Å². The standard InChI is InChI=1S/C15H11NO6/c17-13-6-3-10(7-11(13)8-14(18)19)15(20)9-1-4-12(5-2-9)16(21)22/h1-7,17H,8H2,(H,18,19). The van der Waals surface area contributed by atoms with Crippen molar-refractivity contribution in [2.45, 2.75) is 6.42 Å².